The molecule has 0 radical (unpaired) electrons. The van der Waals surface area contributed by atoms with Gasteiger partial charge >= 0.3 is 0 Å². The fourth-order valence-electron chi connectivity index (χ4n) is 3.73. The third kappa shape index (κ3) is 4.85. The van der Waals surface area contributed by atoms with Gasteiger partial charge < -0.3 is 14.6 Å². The molecule has 0 saturated carbocycles. The summed E-state index contributed by atoms with van der Waals surface area (Å²) in [4.78, 5) is 17.3. The van der Waals surface area contributed by atoms with E-state index >= 15 is 0 Å². The summed E-state index contributed by atoms with van der Waals surface area (Å²) in [5.41, 5.74) is 4.34. The Morgan fingerprint density at radius 1 is 1.15 bits per heavy atom. The molecule has 0 aliphatic heterocycles. The normalized spacial score (nSPS) is 10.6. The van der Waals surface area contributed by atoms with Gasteiger partial charge in [0.1, 0.15) is 17.6 Å². The Kier molecular flexibility index (Phi) is 7.04. The lowest BCUT2D eigenvalue weighted by Gasteiger charge is -2.13. The first kappa shape index (κ1) is 23.2. The van der Waals surface area contributed by atoms with Crippen molar-refractivity contribution in [1.29, 1.82) is 5.26 Å². The largest absolute Gasteiger partial charge is 0.497 e. The van der Waals surface area contributed by atoms with Crippen molar-refractivity contribution in [2.45, 2.75) is 25.5 Å². The predicted octanol–water partition coefficient (Wildman–Crippen LogP) is 4.95. The number of amides is 1. The molecule has 8 heteroatoms. The third-order valence-corrected chi connectivity index (χ3v) is 6.64. The fourth-order valence-corrected chi connectivity index (χ4v) is 4.50. The zero-order valence-corrected chi connectivity index (χ0v) is 20.1. The minimum atomic E-state index is -0.197. The number of ether oxygens (including phenoxy) is 1. The molecular weight excluding hydrogens is 446 g/mol. The second-order valence-corrected chi connectivity index (χ2v) is 8.67. The fraction of sp³-hybridized carbons (Fsp3) is 0.192. The number of carbonyl (C=O) groups is 1. The maximum absolute atomic E-state index is 12.9. The summed E-state index contributed by atoms with van der Waals surface area (Å²) in [6, 6.07) is 19.9. The summed E-state index contributed by atoms with van der Waals surface area (Å²) < 4.78 is 9.13. The summed E-state index contributed by atoms with van der Waals surface area (Å²) in [5.74, 6) is 1.27. The quantitative estimate of drug-likeness (QED) is 0.368. The van der Waals surface area contributed by atoms with Crippen LogP contribution < -0.4 is 10.1 Å². The number of methoxy groups -OCH3 is 1. The van der Waals surface area contributed by atoms with Crippen LogP contribution in [0.5, 0.6) is 5.75 Å². The molecular formula is C26H25N5O2S. The molecule has 1 amide bonds. The highest BCUT2D eigenvalue weighted by molar-refractivity contribution is 7.99. The van der Waals surface area contributed by atoms with Crippen molar-refractivity contribution in [3.8, 4) is 17.5 Å². The number of nitriles is 1. The van der Waals surface area contributed by atoms with Gasteiger partial charge in [-0.05, 0) is 49.2 Å². The Labute approximate surface area is 203 Å². The van der Waals surface area contributed by atoms with Crippen molar-refractivity contribution in [1.82, 2.24) is 14.1 Å². The summed E-state index contributed by atoms with van der Waals surface area (Å²) >= 11 is 1.34. The maximum Gasteiger partial charge on any atom is 0.235 e. The molecule has 1 N–H and O–H groups in total. The van der Waals surface area contributed by atoms with E-state index in [9.17, 15) is 10.1 Å². The SMILES string of the molecule is COc1ccc(-n2ccnc2SCC(=O)Nc2c(C#N)c(C)c(C)n2Cc2ccccc2)cc1. The van der Waals surface area contributed by atoms with Crippen molar-refractivity contribution < 1.29 is 9.53 Å². The van der Waals surface area contributed by atoms with E-state index in [2.05, 4.69) is 16.4 Å². The van der Waals surface area contributed by atoms with E-state index in [0.29, 0.717) is 23.1 Å². The van der Waals surface area contributed by atoms with Crippen LogP contribution in [0.3, 0.4) is 0 Å². The molecule has 2 aromatic carbocycles. The summed E-state index contributed by atoms with van der Waals surface area (Å²) in [6.07, 6.45) is 3.56. The van der Waals surface area contributed by atoms with Crippen molar-refractivity contribution in [3.05, 3.63) is 89.4 Å². The maximum atomic E-state index is 12.9. The third-order valence-electron chi connectivity index (χ3n) is 5.67. The van der Waals surface area contributed by atoms with Crippen LogP contribution in [0.1, 0.15) is 22.4 Å². The van der Waals surface area contributed by atoms with Crippen LogP contribution in [0.25, 0.3) is 5.69 Å². The van der Waals surface area contributed by atoms with Gasteiger partial charge in [-0.1, -0.05) is 42.1 Å². The Morgan fingerprint density at radius 2 is 1.88 bits per heavy atom. The van der Waals surface area contributed by atoms with Gasteiger partial charge in [-0.15, -0.1) is 0 Å². The molecule has 0 unspecified atom stereocenters. The van der Waals surface area contributed by atoms with Gasteiger partial charge in [-0.25, -0.2) is 4.98 Å². The van der Waals surface area contributed by atoms with E-state index in [1.165, 1.54) is 11.8 Å². The van der Waals surface area contributed by atoms with Crippen LogP contribution in [0.15, 0.2) is 72.1 Å². The van der Waals surface area contributed by atoms with Gasteiger partial charge in [0, 0.05) is 30.3 Å². The van der Waals surface area contributed by atoms with Crippen LogP contribution in [0.4, 0.5) is 5.82 Å². The highest BCUT2D eigenvalue weighted by Gasteiger charge is 2.20. The van der Waals surface area contributed by atoms with Crippen LogP contribution in [-0.2, 0) is 11.3 Å². The number of thioether (sulfide) groups is 1. The molecule has 0 spiro atoms. The minimum absolute atomic E-state index is 0.159. The van der Waals surface area contributed by atoms with Crippen molar-refractivity contribution in [3.63, 3.8) is 0 Å². The van der Waals surface area contributed by atoms with Crippen molar-refractivity contribution in [2.75, 3.05) is 18.2 Å². The van der Waals surface area contributed by atoms with E-state index in [1.807, 2.05) is 83.8 Å². The monoisotopic (exact) mass is 471 g/mol. The van der Waals surface area contributed by atoms with E-state index in [1.54, 1.807) is 13.3 Å². The molecule has 0 fully saturated rings. The highest BCUT2D eigenvalue weighted by Crippen LogP contribution is 2.28. The summed E-state index contributed by atoms with van der Waals surface area (Å²) in [6.45, 7) is 4.44. The van der Waals surface area contributed by atoms with Gasteiger partial charge in [-0.3, -0.25) is 9.36 Å². The Hall–Kier alpha value is -3.96. The van der Waals surface area contributed by atoms with Crippen LogP contribution in [0.2, 0.25) is 0 Å². The van der Waals surface area contributed by atoms with Crippen molar-refractivity contribution >= 4 is 23.5 Å². The van der Waals surface area contributed by atoms with Gasteiger partial charge in [0.05, 0.1) is 18.4 Å². The molecule has 34 heavy (non-hydrogen) atoms. The second kappa shape index (κ2) is 10.3. The molecule has 7 nitrogen and oxygen atoms in total. The van der Waals surface area contributed by atoms with Crippen LogP contribution in [0, 0.1) is 25.2 Å². The number of nitrogens with zero attached hydrogens (tertiary/aromatic N) is 4. The van der Waals surface area contributed by atoms with E-state index < -0.39 is 0 Å². The smallest absolute Gasteiger partial charge is 0.235 e. The molecule has 2 heterocycles. The zero-order valence-electron chi connectivity index (χ0n) is 19.3. The first-order valence-electron chi connectivity index (χ1n) is 10.8. The predicted molar refractivity (Wildman–Crippen MR) is 134 cm³/mol. The van der Waals surface area contributed by atoms with Gasteiger partial charge in [0.2, 0.25) is 5.91 Å². The van der Waals surface area contributed by atoms with E-state index in [0.717, 1.165) is 28.3 Å². The average molecular weight is 472 g/mol. The van der Waals surface area contributed by atoms with Gasteiger partial charge in [-0.2, -0.15) is 5.26 Å². The minimum Gasteiger partial charge on any atom is -0.497 e. The number of benzene rings is 2. The van der Waals surface area contributed by atoms with Gasteiger partial charge in [0.25, 0.3) is 0 Å². The number of imidazole rings is 1. The number of aromatic nitrogens is 3. The molecule has 0 atom stereocenters. The lowest BCUT2D eigenvalue weighted by Crippen LogP contribution is -2.19. The number of anilines is 1. The van der Waals surface area contributed by atoms with Crippen LogP contribution >= 0.6 is 11.8 Å². The number of hydrogen-bond acceptors (Lipinski definition) is 5. The molecule has 0 bridgehead atoms. The lowest BCUT2D eigenvalue weighted by molar-refractivity contribution is -0.113. The zero-order chi connectivity index (χ0) is 24.1. The Bertz CT molecular complexity index is 1330. The van der Waals surface area contributed by atoms with E-state index in [-0.39, 0.29) is 11.7 Å². The second-order valence-electron chi connectivity index (χ2n) is 7.73. The molecule has 172 valence electrons. The average Bonchev–Trinajstić information content (AvgIpc) is 3.42. The van der Waals surface area contributed by atoms with Crippen molar-refractivity contribution in [2.24, 2.45) is 0 Å². The first-order chi connectivity index (χ1) is 16.5. The van der Waals surface area contributed by atoms with Gasteiger partial charge in [0.15, 0.2) is 5.16 Å². The molecule has 2 aromatic heterocycles. The number of nitrogens with one attached hydrogen (secondary N) is 1. The number of rotatable bonds is 8. The molecule has 4 aromatic rings. The number of hydrogen-bond donors (Lipinski definition) is 1. The lowest BCUT2D eigenvalue weighted by atomic mass is 10.2. The van der Waals surface area contributed by atoms with E-state index in [4.69, 9.17) is 4.74 Å². The molecule has 4 rings (SSSR count). The topological polar surface area (TPSA) is 84.9 Å². The Morgan fingerprint density at radius 3 is 2.56 bits per heavy atom. The first-order valence-corrected chi connectivity index (χ1v) is 11.7. The summed E-state index contributed by atoms with van der Waals surface area (Å²) in [7, 11) is 1.63. The Balaban J connectivity index is 1.50. The highest BCUT2D eigenvalue weighted by atomic mass is 32.2. The number of carbonyl (C=O) groups excluding carboxylic acids is 1. The molecule has 0 saturated heterocycles. The molecule has 0 aliphatic rings. The molecule has 0 aliphatic carbocycles. The van der Waals surface area contributed by atoms with Crippen LogP contribution in [-0.4, -0.2) is 32.9 Å². The standard InChI is InChI=1S/C26H25N5O2S/c1-18-19(2)31(16-20-7-5-4-6-8-20)25(23(18)15-27)29-24(32)17-34-26-28-13-14-30(26)21-9-11-22(33-3)12-10-21/h4-14H,16-17H2,1-3H3,(H,29,32). The summed E-state index contributed by atoms with van der Waals surface area (Å²) in [5, 5.41) is 13.4.